The van der Waals surface area contributed by atoms with E-state index in [2.05, 4.69) is 59.5 Å². The summed E-state index contributed by atoms with van der Waals surface area (Å²) in [4.78, 5) is 14.8. The maximum atomic E-state index is 12.8. The van der Waals surface area contributed by atoms with Crippen LogP contribution in [0.25, 0.3) is 0 Å². The van der Waals surface area contributed by atoms with Crippen LogP contribution in [0.2, 0.25) is 25.7 Å². The van der Waals surface area contributed by atoms with Crippen LogP contribution in [-0.4, -0.2) is 32.0 Å². The molecule has 0 aliphatic rings. The lowest BCUT2D eigenvalue weighted by Gasteiger charge is -2.25. The maximum Gasteiger partial charge on any atom is 0.253 e. The molecule has 1 aromatic carbocycles. The van der Waals surface area contributed by atoms with Gasteiger partial charge in [0.2, 0.25) is 0 Å². The van der Waals surface area contributed by atoms with E-state index in [0.29, 0.717) is 5.92 Å². The molecule has 23 heavy (non-hydrogen) atoms. The van der Waals surface area contributed by atoms with E-state index in [1.807, 2.05) is 11.0 Å². The van der Waals surface area contributed by atoms with Gasteiger partial charge in [-0.1, -0.05) is 52.5 Å². The van der Waals surface area contributed by atoms with Gasteiger partial charge in [-0.05, 0) is 48.9 Å². The Morgan fingerprint density at radius 2 is 1.70 bits per heavy atom. The Hall–Kier alpha value is -1.09. The van der Waals surface area contributed by atoms with Crippen molar-refractivity contribution in [3.8, 4) is 0 Å². The highest BCUT2D eigenvalue weighted by Gasteiger charge is 2.21. The van der Waals surface area contributed by atoms with E-state index < -0.39 is 8.07 Å². The maximum absolute atomic E-state index is 12.8. The molecule has 0 saturated carbocycles. The monoisotopic (exact) mass is 333 g/mol. The summed E-state index contributed by atoms with van der Waals surface area (Å²) in [5.74, 6) is 0.718. The van der Waals surface area contributed by atoms with Gasteiger partial charge in [-0.15, -0.1) is 0 Å². The number of amides is 1. The molecule has 3 heteroatoms. The van der Waals surface area contributed by atoms with Crippen LogP contribution >= 0.6 is 0 Å². The Morgan fingerprint density at radius 3 is 2.17 bits per heavy atom. The van der Waals surface area contributed by atoms with Crippen LogP contribution in [0.1, 0.15) is 61.0 Å². The van der Waals surface area contributed by atoms with Crippen LogP contribution in [0.3, 0.4) is 0 Å². The van der Waals surface area contributed by atoms with Gasteiger partial charge in [0.25, 0.3) is 5.91 Å². The number of aryl methyl sites for hydroxylation is 1. The third-order valence-electron chi connectivity index (χ3n) is 4.25. The SMILES string of the molecule is CCCN(CCC)C(=O)c1ccc(C)c(C(C)C[Si](C)(C)C)c1. The first-order valence-electron chi connectivity index (χ1n) is 9.09. The Bertz CT molecular complexity index is 513. The summed E-state index contributed by atoms with van der Waals surface area (Å²) in [6, 6.07) is 7.54. The molecule has 1 aromatic rings. The van der Waals surface area contributed by atoms with Crippen molar-refractivity contribution in [1.82, 2.24) is 4.90 Å². The standard InChI is InChI=1S/C20H35NOSi/c1-8-12-21(13-9-2)20(22)18-11-10-16(3)19(14-18)17(4)15-23(5,6)7/h10-11,14,17H,8-9,12-13,15H2,1-7H3. The molecule has 1 atom stereocenters. The normalized spacial score (nSPS) is 13.0. The fourth-order valence-corrected chi connectivity index (χ4v) is 5.43. The first-order valence-corrected chi connectivity index (χ1v) is 12.8. The minimum Gasteiger partial charge on any atom is -0.339 e. The van der Waals surface area contributed by atoms with E-state index in [1.165, 1.54) is 17.2 Å². The van der Waals surface area contributed by atoms with Crippen LogP contribution in [0, 0.1) is 6.92 Å². The second-order valence-electron chi connectivity index (χ2n) is 8.03. The molecule has 1 rings (SSSR count). The van der Waals surface area contributed by atoms with Crippen LogP contribution < -0.4 is 0 Å². The summed E-state index contributed by atoms with van der Waals surface area (Å²) < 4.78 is 0. The van der Waals surface area contributed by atoms with Gasteiger partial charge >= 0.3 is 0 Å². The van der Waals surface area contributed by atoms with Gasteiger partial charge < -0.3 is 4.90 Å². The van der Waals surface area contributed by atoms with E-state index in [0.717, 1.165) is 31.5 Å². The first-order chi connectivity index (χ1) is 10.7. The van der Waals surface area contributed by atoms with Crippen molar-refractivity contribution >= 4 is 14.0 Å². The van der Waals surface area contributed by atoms with Crippen molar-refractivity contribution in [2.45, 2.75) is 72.1 Å². The van der Waals surface area contributed by atoms with Crippen molar-refractivity contribution in [3.63, 3.8) is 0 Å². The molecule has 0 aliphatic heterocycles. The highest BCUT2D eigenvalue weighted by atomic mass is 28.3. The van der Waals surface area contributed by atoms with E-state index in [1.54, 1.807) is 0 Å². The van der Waals surface area contributed by atoms with Crippen LogP contribution in [-0.2, 0) is 0 Å². The van der Waals surface area contributed by atoms with E-state index >= 15 is 0 Å². The van der Waals surface area contributed by atoms with Crippen molar-refractivity contribution < 1.29 is 4.79 Å². The summed E-state index contributed by atoms with van der Waals surface area (Å²) in [6.45, 7) is 17.7. The van der Waals surface area contributed by atoms with Gasteiger partial charge in [0, 0.05) is 26.7 Å². The molecule has 130 valence electrons. The molecule has 1 amide bonds. The van der Waals surface area contributed by atoms with Crippen LogP contribution in [0.4, 0.5) is 0 Å². The Morgan fingerprint density at radius 1 is 1.13 bits per heavy atom. The quantitative estimate of drug-likeness (QED) is 0.559. The average Bonchev–Trinajstić information content (AvgIpc) is 2.45. The molecular formula is C20H35NOSi. The predicted molar refractivity (Wildman–Crippen MR) is 104 cm³/mol. The molecule has 2 nitrogen and oxygen atoms in total. The van der Waals surface area contributed by atoms with Gasteiger partial charge in [-0.3, -0.25) is 4.79 Å². The summed E-state index contributed by atoms with van der Waals surface area (Å²) in [6.07, 6.45) is 2.02. The van der Waals surface area contributed by atoms with E-state index in [4.69, 9.17) is 0 Å². The van der Waals surface area contributed by atoms with Crippen molar-refractivity contribution in [3.05, 3.63) is 34.9 Å². The zero-order chi connectivity index (χ0) is 17.6. The smallest absolute Gasteiger partial charge is 0.253 e. The highest BCUT2D eigenvalue weighted by molar-refractivity contribution is 6.76. The summed E-state index contributed by atoms with van der Waals surface area (Å²) >= 11 is 0. The molecule has 0 radical (unpaired) electrons. The lowest BCUT2D eigenvalue weighted by atomic mass is 9.95. The van der Waals surface area contributed by atoms with E-state index in [9.17, 15) is 4.79 Å². The van der Waals surface area contributed by atoms with Crippen molar-refractivity contribution in [2.75, 3.05) is 13.1 Å². The van der Waals surface area contributed by atoms with Gasteiger partial charge in [0.1, 0.15) is 0 Å². The number of carbonyl (C=O) groups is 1. The lowest BCUT2D eigenvalue weighted by molar-refractivity contribution is 0.0755. The molecule has 0 heterocycles. The summed E-state index contributed by atoms with van der Waals surface area (Å²) in [7, 11) is -1.11. The molecule has 0 aliphatic carbocycles. The number of benzene rings is 1. The first kappa shape index (κ1) is 20.0. The zero-order valence-electron chi connectivity index (χ0n) is 16.2. The fraction of sp³-hybridized carbons (Fsp3) is 0.650. The topological polar surface area (TPSA) is 20.3 Å². The molecule has 0 bridgehead atoms. The number of hydrogen-bond acceptors (Lipinski definition) is 1. The highest BCUT2D eigenvalue weighted by Crippen LogP contribution is 2.29. The second-order valence-corrected chi connectivity index (χ2v) is 13.6. The number of carbonyl (C=O) groups excluding carboxylic acids is 1. The third kappa shape index (κ3) is 6.13. The number of hydrogen-bond donors (Lipinski definition) is 0. The van der Waals surface area contributed by atoms with Gasteiger partial charge in [-0.2, -0.15) is 0 Å². The zero-order valence-corrected chi connectivity index (χ0v) is 17.2. The Labute approximate surface area is 144 Å². The molecule has 0 fully saturated rings. The van der Waals surface area contributed by atoms with Crippen LogP contribution in [0.5, 0.6) is 0 Å². The second kappa shape index (κ2) is 8.67. The number of rotatable bonds is 8. The summed E-state index contributed by atoms with van der Waals surface area (Å²) in [5, 5.41) is 0. The molecular weight excluding hydrogens is 298 g/mol. The minimum absolute atomic E-state index is 0.190. The van der Waals surface area contributed by atoms with Crippen molar-refractivity contribution in [2.24, 2.45) is 0 Å². The molecule has 0 N–H and O–H groups in total. The lowest BCUT2D eigenvalue weighted by Crippen LogP contribution is -2.32. The van der Waals surface area contributed by atoms with Crippen molar-refractivity contribution in [1.29, 1.82) is 0 Å². The largest absolute Gasteiger partial charge is 0.339 e. The van der Waals surface area contributed by atoms with Gasteiger partial charge in [0.15, 0.2) is 0 Å². The Kier molecular flexibility index (Phi) is 7.52. The summed E-state index contributed by atoms with van der Waals surface area (Å²) in [5.41, 5.74) is 3.52. The number of nitrogens with zero attached hydrogens (tertiary/aromatic N) is 1. The molecule has 1 unspecified atom stereocenters. The average molecular weight is 334 g/mol. The fourth-order valence-electron chi connectivity index (χ4n) is 3.37. The van der Waals surface area contributed by atoms with Crippen LogP contribution in [0.15, 0.2) is 18.2 Å². The molecule has 0 saturated heterocycles. The predicted octanol–water partition coefficient (Wildman–Crippen LogP) is 5.70. The molecule has 0 aromatic heterocycles. The molecule has 0 spiro atoms. The minimum atomic E-state index is -1.11. The van der Waals surface area contributed by atoms with Gasteiger partial charge in [-0.25, -0.2) is 0 Å². The Balaban J connectivity index is 3.05. The third-order valence-corrected chi connectivity index (χ3v) is 6.09. The van der Waals surface area contributed by atoms with Gasteiger partial charge in [0.05, 0.1) is 0 Å². The van der Waals surface area contributed by atoms with E-state index in [-0.39, 0.29) is 5.91 Å².